The number of ether oxygens (including phenoxy) is 2. The van der Waals surface area contributed by atoms with Crippen molar-refractivity contribution >= 4 is 17.3 Å². The number of aryl methyl sites for hydroxylation is 1. The highest BCUT2D eigenvalue weighted by atomic mass is 16.5. The molecule has 1 amide bonds. The Morgan fingerprint density at radius 1 is 0.921 bits per heavy atom. The maximum absolute atomic E-state index is 13.3. The van der Waals surface area contributed by atoms with Crippen molar-refractivity contribution < 1.29 is 14.3 Å². The second kappa shape index (κ2) is 11.4. The van der Waals surface area contributed by atoms with Crippen LogP contribution >= 0.6 is 0 Å². The lowest BCUT2D eigenvalue weighted by Crippen LogP contribution is -2.35. The number of rotatable bonds is 8. The number of hydrogen-bond donors (Lipinski definition) is 1. The van der Waals surface area contributed by atoms with E-state index in [-0.39, 0.29) is 5.91 Å². The molecule has 5 heteroatoms. The molecule has 1 aliphatic heterocycles. The average molecular weight is 507 g/mol. The molecular weight excluding hydrogens is 472 g/mol. The predicted molar refractivity (Wildman–Crippen MR) is 154 cm³/mol. The summed E-state index contributed by atoms with van der Waals surface area (Å²) < 4.78 is 12.0. The Labute approximate surface area is 224 Å². The van der Waals surface area contributed by atoms with Gasteiger partial charge >= 0.3 is 0 Å². The first-order valence-corrected chi connectivity index (χ1v) is 13.2. The third-order valence-electron chi connectivity index (χ3n) is 7.14. The Hall–Kier alpha value is -4.25. The van der Waals surface area contributed by atoms with Gasteiger partial charge in [-0.15, -0.1) is 0 Å². The van der Waals surface area contributed by atoms with Gasteiger partial charge in [-0.1, -0.05) is 42.5 Å². The van der Waals surface area contributed by atoms with E-state index in [0.29, 0.717) is 30.9 Å². The molecule has 0 saturated heterocycles. The van der Waals surface area contributed by atoms with Crippen molar-refractivity contribution in [2.45, 2.75) is 39.5 Å². The molecule has 0 fully saturated rings. The topological polar surface area (TPSA) is 64.8 Å². The van der Waals surface area contributed by atoms with Gasteiger partial charge in [-0.25, -0.2) is 0 Å². The lowest BCUT2D eigenvalue weighted by atomic mass is 9.92. The van der Waals surface area contributed by atoms with Crippen LogP contribution in [-0.4, -0.2) is 19.1 Å². The molecule has 0 bridgehead atoms. The molecule has 194 valence electrons. The highest BCUT2D eigenvalue weighted by Crippen LogP contribution is 2.37. The maximum atomic E-state index is 13.3. The lowest BCUT2D eigenvalue weighted by Gasteiger charge is -2.31. The van der Waals surface area contributed by atoms with E-state index in [2.05, 4.69) is 38.1 Å². The molecule has 1 aliphatic rings. The average Bonchev–Trinajstić information content (AvgIpc) is 2.92. The van der Waals surface area contributed by atoms with Crippen LogP contribution in [-0.2, 0) is 11.2 Å². The minimum atomic E-state index is 0.145. The first kappa shape index (κ1) is 25.4. The number of nitrogens with zero attached hydrogens (tertiary/aromatic N) is 1. The fourth-order valence-corrected chi connectivity index (χ4v) is 5.02. The van der Waals surface area contributed by atoms with Gasteiger partial charge in [0.2, 0.25) is 5.91 Å². The van der Waals surface area contributed by atoms with Crippen LogP contribution in [0.2, 0.25) is 0 Å². The summed E-state index contributed by atoms with van der Waals surface area (Å²) >= 11 is 0. The van der Waals surface area contributed by atoms with Crippen molar-refractivity contribution in [2.75, 3.05) is 23.8 Å². The predicted octanol–water partition coefficient (Wildman–Crippen LogP) is 7.48. The SMILES string of the molecule is Cc1cccc(OCCCC(=O)N2CCCc3c(-c4cccc(Oc5cccc(N)c5)c4)cccc32)c1C. The van der Waals surface area contributed by atoms with Crippen LogP contribution in [0.1, 0.15) is 36.0 Å². The molecule has 1 heterocycles. The number of nitrogens with two attached hydrogens (primary N) is 1. The molecule has 38 heavy (non-hydrogen) atoms. The number of benzene rings is 4. The lowest BCUT2D eigenvalue weighted by molar-refractivity contribution is -0.118. The van der Waals surface area contributed by atoms with Crippen LogP contribution in [0.25, 0.3) is 11.1 Å². The zero-order valence-corrected chi connectivity index (χ0v) is 22.1. The Kier molecular flexibility index (Phi) is 7.64. The summed E-state index contributed by atoms with van der Waals surface area (Å²) in [5.74, 6) is 2.49. The Morgan fingerprint density at radius 3 is 2.53 bits per heavy atom. The van der Waals surface area contributed by atoms with Crippen LogP contribution in [0.15, 0.2) is 84.9 Å². The van der Waals surface area contributed by atoms with Gasteiger partial charge in [-0.2, -0.15) is 0 Å². The molecule has 4 aromatic rings. The zero-order valence-electron chi connectivity index (χ0n) is 22.1. The summed E-state index contributed by atoms with van der Waals surface area (Å²) in [5, 5.41) is 0. The molecule has 0 spiro atoms. The normalized spacial score (nSPS) is 12.6. The van der Waals surface area contributed by atoms with Crippen molar-refractivity contribution in [3.05, 3.63) is 102 Å². The summed E-state index contributed by atoms with van der Waals surface area (Å²) in [7, 11) is 0. The summed E-state index contributed by atoms with van der Waals surface area (Å²) in [6, 6.07) is 27.8. The minimum Gasteiger partial charge on any atom is -0.493 e. The number of carbonyl (C=O) groups excluding carboxylic acids is 1. The van der Waals surface area contributed by atoms with Gasteiger partial charge in [-0.3, -0.25) is 4.79 Å². The first-order valence-electron chi connectivity index (χ1n) is 13.2. The second-order valence-corrected chi connectivity index (χ2v) is 9.80. The number of fused-ring (bicyclic) bond motifs is 1. The minimum absolute atomic E-state index is 0.145. The molecule has 0 saturated carbocycles. The van der Waals surface area contributed by atoms with E-state index in [1.54, 1.807) is 0 Å². The van der Waals surface area contributed by atoms with Gasteiger partial charge in [0.15, 0.2) is 0 Å². The number of carbonyl (C=O) groups is 1. The molecule has 0 aromatic heterocycles. The molecule has 4 aromatic carbocycles. The molecular formula is C33H34N2O3. The van der Waals surface area contributed by atoms with Crippen LogP contribution < -0.4 is 20.1 Å². The number of anilines is 2. The van der Waals surface area contributed by atoms with Gasteiger partial charge in [0.1, 0.15) is 17.2 Å². The van der Waals surface area contributed by atoms with E-state index in [1.165, 1.54) is 11.1 Å². The monoisotopic (exact) mass is 506 g/mol. The van der Waals surface area contributed by atoms with Gasteiger partial charge in [0.05, 0.1) is 6.61 Å². The summed E-state index contributed by atoms with van der Waals surface area (Å²) in [6.45, 7) is 5.41. The van der Waals surface area contributed by atoms with E-state index in [1.807, 2.05) is 65.6 Å². The standard InChI is InChI=1S/C33H34N2O3/c1-23-9-3-17-32(24(23)2)37-20-8-18-33(36)35-19-7-15-30-29(14-6-16-31(30)35)25-10-4-12-27(21-25)38-28-13-5-11-26(34)22-28/h3-6,9-14,16-17,21-22H,7-8,15,18-20,34H2,1-2H3. The van der Waals surface area contributed by atoms with Crippen molar-refractivity contribution in [1.82, 2.24) is 0 Å². The molecule has 0 atom stereocenters. The fraction of sp³-hybridized carbons (Fsp3) is 0.242. The number of amides is 1. The third kappa shape index (κ3) is 5.67. The fourth-order valence-electron chi connectivity index (χ4n) is 5.02. The van der Waals surface area contributed by atoms with Crippen molar-refractivity contribution in [3.63, 3.8) is 0 Å². The van der Waals surface area contributed by atoms with Crippen molar-refractivity contribution in [1.29, 1.82) is 0 Å². The molecule has 0 aliphatic carbocycles. The Morgan fingerprint density at radius 2 is 1.68 bits per heavy atom. The van der Waals surface area contributed by atoms with E-state index >= 15 is 0 Å². The largest absolute Gasteiger partial charge is 0.493 e. The summed E-state index contributed by atoms with van der Waals surface area (Å²) in [6.07, 6.45) is 3.01. The third-order valence-corrected chi connectivity index (χ3v) is 7.14. The zero-order chi connectivity index (χ0) is 26.5. The van der Waals surface area contributed by atoms with Gasteiger partial charge < -0.3 is 20.1 Å². The molecule has 0 radical (unpaired) electrons. The van der Waals surface area contributed by atoms with Crippen molar-refractivity contribution in [2.24, 2.45) is 0 Å². The van der Waals surface area contributed by atoms with Gasteiger partial charge in [-0.05, 0) is 97.3 Å². The molecule has 2 N–H and O–H groups in total. The molecule has 0 unspecified atom stereocenters. The number of nitrogen functional groups attached to an aromatic ring is 1. The van der Waals surface area contributed by atoms with Crippen LogP contribution in [0, 0.1) is 13.8 Å². The molecule has 5 nitrogen and oxygen atoms in total. The van der Waals surface area contributed by atoms with Crippen molar-refractivity contribution in [3.8, 4) is 28.4 Å². The molecule has 5 rings (SSSR count). The Balaban J connectivity index is 1.28. The van der Waals surface area contributed by atoms with Crippen LogP contribution in [0.5, 0.6) is 17.2 Å². The highest BCUT2D eigenvalue weighted by molar-refractivity contribution is 5.96. The summed E-state index contributed by atoms with van der Waals surface area (Å²) in [5.41, 5.74) is 13.4. The van der Waals surface area contributed by atoms with E-state index in [0.717, 1.165) is 53.3 Å². The highest BCUT2D eigenvalue weighted by Gasteiger charge is 2.24. The first-order chi connectivity index (χ1) is 18.5. The van der Waals surface area contributed by atoms with Crippen LogP contribution in [0.3, 0.4) is 0 Å². The smallest absolute Gasteiger partial charge is 0.227 e. The van der Waals surface area contributed by atoms with Gasteiger partial charge in [0.25, 0.3) is 0 Å². The van der Waals surface area contributed by atoms with E-state index in [9.17, 15) is 4.79 Å². The van der Waals surface area contributed by atoms with E-state index in [4.69, 9.17) is 15.2 Å². The Bertz CT molecular complexity index is 1450. The quantitative estimate of drug-likeness (QED) is 0.199. The maximum Gasteiger partial charge on any atom is 0.227 e. The van der Waals surface area contributed by atoms with Gasteiger partial charge in [0, 0.05) is 30.4 Å². The van der Waals surface area contributed by atoms with E-state index < -0.39 is 0 Å². The second-order valence-electron chi connectivity index (χ2n) is 9.80. The summed E-state index contributed by atoms with van der Waals surface area (Å²) in [4.78, 5) is 15.2. The number of hydrogen-bond acceptors (Lipinski definition) is 4. The van der Waals surface area contributed by atoms with Crippen LogP contribution in [0.4, 0.5) is 11.4 Å².